The van der Waals surface area contributed by atoms with Gasteiger partial charge in [0, 0.05) is 13.1 Å². The van der Waals surface area contributed by atoms with Crippen LogP contribution in [-0.4, -0.2) is 41.4 Å². The lowest BCUT2D eigenvalue weighted by atomic mass is 9.95. The Labute approximate surface area is 137 Å². The Morgan fingerprint density at radius 3 is 2.39 bits per heavy atom. The van der Waals surface area contributed by atoms with Gasteiger partial charge < -0.3 is 10.2 Å². The third-order valence-electron chi connectivity index (χ3n) is 4.98. The number of carbonyl (C=O) groups excluding carboxylic acids is 2. The molecule has 0 radical (unpaired) electrons. The number of benzene rings is 1. The molecule has 2 aliphatic rings. The van der Waals surface area contributed by atoms with Gasteiger partial charge >= 0.3 is 6.03 Å². The van der Waals surface area contributed by atoms with Crippen molar-refractivity contribution < 1.29 is 9.59 Å². The summed E-state index contributed by atoms with van der Waals surface area (Å²) in [7, 11) is 1.72. The van der Waals surface area contributed by atoms with Gasteiger partial charge in [0.2, 0.25) is 0 Å². The summed E-state index contributed by atoms with van der Waals surface area (Å²) in [6, 6.07) is 9.27. The first-order valence-electron chi connectivity index (χ1n) is 8.05. The Morgan fingerprint density at radius 2 is 1.78 bits per heavy atom. The van der Waals surface area contributed by atoms with E-state index in [1.54, 1.807) is 11.9 Å². The summed E-state index contributed by atoms with van der Waals surface area (Å²) in [4.78, 5) is 28.7. The van der Waals surface area contributed by atoms with Gasteiger partial charge in [-0.05, 0) is 18.4 Å². The highest BCUT2D eigenvalue weighted by Crippen LogP contribution is 2.36. The number of urea groups is 1. The van der Waals surface area contributed by atoms with E-state index < -0.39 is 0 Å². The summed E-state index contributed by atoms with van der Waals surface area (Å²) in [5.41, 5.74) is 2.46. The summed E-state index contributed by atoms with van der Waals surface area (Å²) in [6.45, 7) is 6.78. The minimum absolute atomic E-state index is 0.0295. The van der Waals surface area contributed by atoms with Gasteiger partial charge in [0.15, 0.2) is 0 Å². The van der Waals surface area contributed by atoms with Gasteiger partial charge in [-0.2, -0.15) is 0 Å². The Balaban J connectivity index is 2.02. The van der Waals surface area contributed by atoms with Gasteiger partial charge in [0.25, 0.3) is 5.91 Å². The van der Waals surface area contributed by atoms with Gasteiger partial charge in [0.05, 0.1) is 23.9 Å². The van der Waals surface area contributed by atoms with Crippen LogP contribution in [0.25, 0.3) is 0 Å². The number of hydrogen-bond acceptors (Lipinski definition) is 2. The number of carbonyl (C=O) groups is 2. The van der Waals surface area contributed by atoms with Crippen molar-refractivity contribution in [2.45, 2.75) is 32.9 Å². The zero-order chi connectivity index (χ0) is 16.7. The lowest BCUT2D eigenvalue weighted by Gasteiger charge is -2.31. The molecule has 0 fully saturated rings. The maximum absolute atomic E-state index is 13.0. The van der Waals surface area contributed by atoms with Crippen molar-refractivity contribution in [1.82, 2.24) is 15.1 Å². The molecule has 5 nitrogen and oxygen atoms in total. The second kappa shape index (κ2) is 5.72. The summed E-state index contributed by atoms with van der Waals surface area (Å²) in [6.07, 6.45) is 0. The fraction of sp³-hybridized carbons (Fsp3) is 0.444. The van der Waals surface area contributed by atoms with Crippen LogP contribution in [0.4, 0.5) is 4.79 Å². The second-order valence-corrected chi connectivity index (χ2v) is 6.63. The van der Waals surface area contributed by atoms with E-state index in [9.17, 15) is 9.59 Å². The van der Waals surface area contributed by atoms with Crippen molar-refractivity contribution in [2.75, 3.05) is 13.6 Å². The lowest BCUT2D eigenvalue weighted by Crippen LogP contribution is -2.45. The molecule has 0 aromatic heterocycles. The molecule has 2 aliphatic heterocycles. The van der Waals surface area contributed by atoms with Crippen molar-refractivity contribution in [3.05, 3.63) is 47.2 Å². The predicted molar refractivity (Wildman–Crippen MR) is 88.5 cm³/mol. The number of hydrogen-bond donors (Lipinski definition) is 1. The molecule has 2 heterocycles. The lowest BCUT2D eigenvalue weighted by molar-refractivity contribution is -0.128. The SMILES string of the molecule is CC(C)[C@@H](C)N1CC2=C(C1=O)[C@@H](c1ccccc1)NC(=O)N2C. The molecule has 0 spiro atoms. The second-order valence-electron chi connectivity index (χ2n) is 6.63. The van der Waals surface area contributed by atoms with Crippen LogP contribution in [0.15, 0.2) is 41.6 Å². The quantitative estimate of drug-likeness (QED) is 0.932. The minimum atomic E-state index is -0.369. The van der Waals surface area contributed by atoms with E-state index in [-0.39, 0.29) is 24.0 Å². The van der Waals surface area contributed by atoms with Crippen LogP contribution in [0.3, 0.4) is 0 Å². The number of amides is 3. The van der Waals surface area contributed by atoms with E-state index in [1.807, 2.05) is 35.2 Å². The van der Waals surface area contributed by atoms with Crippen LogP contribution in [0.5, 0.6) is 0 Å². The third-order valence-corrected chi connectivity index (χ3v) is 4.98. The standard InChI is InChI=1S/C18H23N3O2/c1-11(2)12(3)21-10-14-15(17(21)22)16(19-18(23)20(14)4)13-8-6-5-7-9-13/h5-9,11-12,16H,10H2,1-4H3,(H,19,23)/t12-,16-/m1/s1. The minimum Gasteiger partial charge on any atom is -0.330 e. The van der Waals surface area contributed by atoms with Crippen LogP contribution in [0.2, 0.25) is 0 Å². The smallest absolute Gasteiger partial charge is 0.322 e. The molecule has 1 aromatic rings. The first-order chi connectivity index (χ1) is 10.9. The van der Waals surface area contributed by atoms with E-state index in [0.29, 0.717) is 18.0 Å². The molecule has 0 saturated carbocycles. The van der Waals surface area contributed by atoms with Gasteiger partial charge in [-0.1, -0.05) is 44.2 Å². The first kappa shape index (κ1) is 15.6. The molecule has 0 unspecified atom stereocenters. The summed E-state index contributed by atoms with van der Waals surface area (Å²) < 4.78 is 0. The van der Waals surface area contributed by atoms with Crippen molar-refractivity contribution in [3.8, 4) is 0 Å². The number of nitrogens with zero attached hydrogens (tertiary/aromatic N) is 2. The highest BCUT2D eigenvalue weighted by atomic mass is 16.2. The molecule has 1 aromatic carbocycles. The van der Waals surface area contributed by atoms with Gasteiger partial charge in [0.1, 0.15) is 0 Å². The monoisotopic (exact) mass is 313 g/mol. The molecule has 0 bridgehead atoms. The van der Waals surface area contributed by atoms with Gasteiger partial charge in [-0.15, -0.1) is 0 Å². The molecular formula is C18H23N3O2. The topological polar surface area (TPSA) is 52.7 Å². The van der Waals surface area contributed by atoms with Crippen LogP contribution in [0, 0.1) is 5.92 Å². The van der Waals surface area contributed by atoms with E-state index in [0.717, 1.165) is 11.3 Å². The summed E-state index contributed by atoms with van der Waals surface area (Å²) in [5, 5.41) is 2.95. The van der Waals surface area contributed by atoms with E-state index in [1.165, 1.54) is 0 Å². The predicted octanol–water partition coefficient (Wildman–Crippen LogP) is 2.52. The fourth-order valence-electron chi connectivity index (χ4n) is 3.17. The molecular weight excluding hydrogens is 290 g/mol. The number of likely N-dealkylation sites (N-methyl/N-ethyl adjacent to an activating group) is 1. The van der Waals surface area contributed by atoms with E-state index in [2.05, 4.69) is 26.1 Å². The fourth-order valence-corrected chi connectivity index (χ4v) is 3.17. The van der Waals surface area contributed by atoms with Gasteiger partial charge in [-0.3, -0.25) is 9.69 Å². The Hall–Kier alpha value is -2.30. The van der Waals surface area contributed by atoms with Crippen LogP contribution < -0.4 is 5.32 Å². The molecule has 2 atom stereocenters. The molecule has 122 valence electrons. The molecule has 23 heavy (non-hydrogen) atoms. The van der Waals surface area contributed by atoms with Crippen LogP contribution in [-0.2, 0) is 4.79 Å². The normalized spacial score (nSPS) is 22.6. The van der Waals surface area contributed by atoms with Crippen LogP contribution in [0.1, 0.15) is 32.4 Å². The molecule has 5 heteroatoms. The van der Waals surface area contributed by atoms with Crippen molar-refractivity contribution >= 4 is 11.9 Å². The Kier molecular flexibility index (Phi) is 3.88. The first-order valence-corrected chi connectivity index (χ1v) is 8.05. The highest BCUT2D eigenvalue weighted by molar-refractivity contribution is 6.01. The average molecular weight is 313 g/mol. The van der Waals surface area contributed by atoms with Crippen molar-refractivity contribution in [3.63, 3.8) is 0 Å². The van der Waals surface area contributed by atoms with Crippen molar-refractivity contribution in [1.29, 1.82) is 0 Å². The Bertz CT molecular complexity index is 666. The number of nitrogens with one attached hydrogen (secondary N) is 1. The average Bonchev–Trinajstić information content (AvgIpc) is 2.89. The van der Waals surface area contributed by atoms with Crippen LogP contribution >= 0.6 is 0 Å². The molecule has 1 N–H and O–H groups in total. The molecule has 0 aliphatic carbocycles. The zero-order valence-corrected chi connectivity index (χ0v) is 14.0. The highest BCUT2D eigenvalue weighted by Gasteiger charge is 2.44. The third kappa shape index (κ3) is 2.50. The maximum Gasteiger partial charge on any atom is 0.322 e. The zero-order valence-electron chi connectivity index (χ0n) is 14.0. The Morgan fingerprint density at radius 1 is 1.13 bits per heavy atom. The van der Waals surface area contributed by atoms with Crippen molar-refractivity contribution in [2.24, 2.45) is 5.92 Å². The molecule has 3 amide bonds. The summed E-state index contributed by atoms with van der Waals surface area (Å²) >= 11 is 0. The summed E-state index contributed by atoms with van der Waals surface area (Å²) in [5.74, 6) is 0.395. The van der Waals surface area contributed by atoms with E-state index >= 15 is 0 Å². The molecule has 3 rings (SSSR count). The number of rotatable bonds is 3. The largest absolute Gasteiger partial charge is 0.330 e. The van der Waals surface area contributed by atoms with E-state index in [4.69, 9.17) is 0 Å². The molecule has 0 saturated heterocycles. The van der Waals surface area contributed by atoms with Gasteiger partial charge in [-0.25, -0.2) is 4.79 Å². The maximum atomic E-state index is 13.0.